The lowest BCUT2D eigenvalue weighted by atomic mass is 9.81. The number of anilines is 1. The second-order valence-electron chi connectivity index (χ2n) is 10.2. The smallest absolute Gasteiger partial charge is 0.222 e. The summed E-state index contributed by atoms with van der Waals surface area (Å²) < 4.78 is 5.68. The summed E-state index contributed by atoms with van der Waals surface area (Å²) in [4.78, 5) is 20.1. The molecule has 2 aromatic rings. The van der Waals surface area contributed by atoms with Gasteiger partial charge in [-0.3, -0.25) is 9.69 Å². The number of hydrogen-bond acceptors (Lipinski definition) is 6. The molecule has 3 aliphatic rings. The van der Waals surface area contributed by atoms with E-state index >= 15 is 0 Å². The van der Waals surface area contributed by atoms with Crippen LogP contribution in [0.25, 0.3) is 0 Å². The molecule has 4 heterocycles. The molecular formula is C27H39N5O2. The minimum Gasteiger partial charge on any atom is -0.368 e. The highest BCUT2D eigenvalue weighted by molar-refractivity contribution is 5.77. The van der Waals surface area contributed by atoms with Gasteiger partial charge in [0, 0.05) is 44.4 Å². The number of benzene rings is 1. The van der Waals surface area contributed by atoms with Crippen LogP contribution in [-0.2, 0) is 17.8 Å². The zero-order valence-corrected chi connectivity index (χ0v) is 20.3. The van der Waals surface area contributed by atoms with E-state index in [2.05, 4.69) is 55.5 Å². The van der Waals surface area contributed by atoms with E-state index < -0.39 is 0 Å². The normalized spacial score (nSPS) is 24.4. The molecule has 3 aliphatic heterocycles. The minimum absolute atomic E-state index is 0.315. The average molecular weight is 466 g/mol. The molecule has 0 saturated carbocycles. The van der Waals surface area contributed by atoms with Crippen LogP contribution in [-0.4, -0.2) is 73.2 Å². The predicted molar refractivity (Wildman–Crippen MR) is 134 cm³/mol. The zero-order chi connectivity index (χ0) is 23.2. The van der Waals surface area contributed by atoms with Gasteiger partial charge in [-0.25, -0.2) is 0 Å². The van der Waals surface area contributed by atoms with Crippen LogP contribution in [0.5, 0.6) is 0 Å². The van der Waals surface area contributed by atoms with E-state index in [0.29, 0.717) is 24.2 Å². The van der Waals surface area contributed by atoms with Gasteiger partial charge in [0.15, 0.2) is 5.76 Å². The lowest BCUT2D eigenvalue weighted by Crippen LogP contribution is -2.50. The lowest BCUT2D eigenvalue weighted by molar-refractivity contribution is -0.133. The highest BCUT2D eigenvalue weighted by Gasteiger charge is 2.31. The third-order valence-corrected chi connectivity index (χ3v) is 7.86. The molecule has 1 aromatic heterocycles. The van der Waals surface area contributed by atoms with Crippen LogP contribution in [0.4, 0.5) is 5.69 Å². The first-order valence-corrected chi connectivity index (χ1v) is 13.2. The first-order chi connectivity index (χ1) is 16.7. The number of carbonyl (C=O) groups excluding carboxylic acids is 1. The van der Waals surface area contributed by atoms with E-state index in [9.17, 15) is 4.79 Å². The number of piperazine rings is 1. The molecule has 34 heavy (non-hydrogen) atoms. The Labute approximate surface area is 203 Å². The summed E-state index contributed by atoms with van der Waals surface area (Å²) in [5, 5.41) is 7.92. The maximum atomic E-state index is 13.2. The number of hydrogen-bond donors (Lipinski definition) is 1. The molecule has 7 heteroatoms. The third kappa shape index (κ3) is 5.99. The first-order valence-electron chi connectivity index (χ1n) is 13.2. The number of carbonyl (C=O) groups is 1. The number of para-hydroxylation sites is 1. The molecule has 0 unspecified atom stereocenters. The van der Waals surface area contributed by atoms with E-state index in [0.717, 1.165) is 83.2 Å². The molecule has 2 atom stereocenters. The van der Waals surface area contributed by atoms with Gasteiger partial charge in [-0.15, -0.1) is 0 Å². The van der Waals surface area contributed by atoms with Crippen LogP contribution in [0.15, 0.2) is 40.9 Å². The van der Waals surface area contributed by atoms with Crippen LogP contribution >= 0.6 is 0 Å². The van der Waals surface area contributed by atoms with Gasteiger partial charge >= 0.3 is 0 Å². The van der Waals surface area contributed by atoms with Crippen molar-refractivity contribution in [1.82, 2.24) is 20.3 Å². The molecule has 1 amide bonds. The standard InChI is InChI=1S/C27H39N5O2/c33-27(32-15-13-31(14-16-32)25-7-3-1-4-8-25)18-22-9-10-28-20-23(22)17-24-19-26(34-29-24)21-30-11-5-2-6-12-30/h1,3-4,7-8,19,22-23,28H,2,5-6,9-18,20-21H2/t22-,23-/m0/s1. The van der Waals surface area contributed by atoms with Crippen LogP contribution in [0, 0.1) is 11.8 Å². The van der Waals surface area contributed by atoms with E-state index in [1.807, 2.05) is 6.07 Å². The van der Waals surface area contributed by atoms with Gasteiger partial charge in [-0.05, 0) is 75.8 Å². The van der Waals surface area contributed by atoms with Crippen molar-refractivity contribution in [3.63, 3.8) is 0 Å². The number of piperidine rings is 2. The Kier molecular flexibility index (Phi) is 7.81. The molecule has 184 valence electrons. The van der Waals surface area contributed by atoms with Crippen molar-refractivity contribution in [2.75, 3.05) is 57.3 Å². The Hall–Kier alpha value is -2.38. The average Bonchev–Trinajstić information content (AvgIpc) is 3.33. The molecular weight excluding hydrogens is 426 g/mol. The summed E-state index contributed by atoms with van der Waals surface area (Å²) in [6, 6.07) is 12.7. The number of rotatable bonds is 7. The van der Waals surface area contributed by atoms with Crippen molar-refractivity contribution in [3.8, 4) is 0 Å². The summed E-state index contributed by atoms with van der Waals surface area (Å²) in [6.07, 6.45) is 6.50. The lowest BCUT2D eigenvalue weighted by Gasteiger charge is -2.38. The summed E-state index contributed by atoms with van der Waals surface area (Å²) in [5.41, 5.74) is 2.29. The van der Waals surface area contributed by atoms with Crippen LogP contribution < -0.4 is 10.2 Å². The molecule has 7 nitrogen and oxygen atoms in total. The highest BCUT2D eigenvalue weighted by Crippen LogP contribution is 2.28. The van der Waals surface area contributed by atoms with Gasteiger partial charge < -0.3 is 19.6 Å². The molecule has 1 N–H and O–H groups in total. The number of likely N-dealkylation sites (tertiary alicyclic amines) is 1. The Morgan fingerprint density at radius 3 is 2.59 bits per heavy atom. The molecule has 3 saturated heterocycles. The predicted octanol–water partition coefficient (Wildman–Crippen LogP) is 3.17. The molecule has 0 radical (unpaired) electrons. The number of aromatic nitrogens is 1. The van der Waals surface area contributed by atoms with Crippen molar-refractivity contribution in [2.24, 2.45) is 11.8 Å². The first kappa shape index (κ1) is 23.4. The van der Waals surface area contributed by atoms with Gasteiger partial charge in [0.1, 0.15) is 0 Å². The molecule has 0 aliphatic carbocycles. The van der Waals surface area contributed by atoms with Gasteiger partial charge in [-0.2, -0.15) is 0 Å². The van der Waals surface area contributed by atoms with E-state index in [-0.39, 0.29) is 0 Å². The Morgan fingerprint density at radius 2 is 1.79 bits per heavy atom. The van der Waals surface area contributed by atoms with Crippen LogP contribution in [0.1, 0.15) is 43.6 Å². The largest absolute Gasteiger partial charge is 0.368 e. The maximum absolute atomic E-state index is 13.2. The van der Waals surface area contributed by atoms with Crippen molar-refractivity contribution in [1.29, 1.82) is 0 Å². The van der Waals surface area contributed by atoms with Crippen molar-refractivity contribution < 1.29 is 9.32 Å². The maximum Gasteiger partial charge on any atom is 0.222 e. The Morgan fingerprint density at radius 1 is 1.00 bits per heavy atom. The molecule has 0 spiro atoms. The molecule has 0 bridgehead atoms. The summed E-state index contributed by atoms with van der Waals surface area (Å²) >= 11 is 0. The Bertz CT molecular complexity index is 903. The Balaban J connectivity index is 1.12. The fraction of sp³-hybridized carbons (Fsp3) is 0.630. The van der Waals surface area contributed by atoms with Gasteiger partial charge in [0.05, 0.1) is 12.2 Å². The third-order valence-electron chi connectivity index (χ3n) is 7.86. The van der Waals surface area contributed by atoms with Crippen molar-refractivity contribution >= 4 is 11.6 Å². The van der Waals surface area contributed by atoms with Gasteiger partial charge in [0.2, 0.25) is 5.91 Å². The quantitative estimate of drug-likeness (QED) is 0.678. The second kappa shape index (κ2) is 11.4. The monoisotopic (exact) mass is 465 g/mol. The highest BCUT2D eigenvalue weighted by atomic mass is 16.5. The van der Waals surface area contributed by atoms with Crippen LogP contribution in [0.3, 0.4) is 0 Å². The van der Waals surface area contributed by atoms with E-state index in [1.54, 1.807) is 0 Å². The van der Waals surface area contributed by atoms with Crippen molar-refractivity contribution in [3.05, 3.63) is 47.9 Å². The fourth-order valence-electron chi connectivity index (χ4n) is 5.82. The summed E-state index contributed by atoms with van der Waals surface area (Å²) in [7, 11) is 0. The van der Waals surface area contributed by atoms with Crippen molar-refractivity contribution in [2.45, 2.75) is 45.1 Å². The van der Waals surface area contributed by atoms with Gasteiger partial charge in [-0.1, -0.05) is 29.8 Å². The van der Waals surface area contributed by atoms with E-state index in [1.165, 1.54) is 24.9 Å². The van der Waals surface area contributed by atoms with Crippen LogP contribution in [0.2, 0.25) is 0 Å². The van der Waals surface area contributed by atoms with E-state index in [4.69, 9.17) is 4.52 Å². The minimum atomic E-state index is 0.315. The topological polar surface area (TPSA) is 64.9 Å². The SMILES string of the molecule is O=C(C[C@@H]1CCNC[C@@H]1Cc1cc(CN2CCCCC2)on1)N1CCN(c2ccccc2)CC1. The van der Waals surface area contributed by atoms with Gasteiger partial charge in [0.25, 0.3) is 0 Å². The summed E-state index contributed by atoms with van der Waals surface area (Å²) in [5.74, 6) is 2.12. The molecule has 3 fully saturated rings. The summed E-state index contributed by atoms with van der Waals surface area (Å²) in [6.45, 7) is 8.57. The molecule has 1 aromatic carbocycles. The zero-order valence-electron chi connectivity index (χ0n) is 20.3. The molecule has 5 rings (SSSR count). The number of nitrogens with zero attached hydrogens (tertiary/aromatic N) is 4. The fourth-order valence-corrected chi connectivity index (χ4v) is 5.82. The number of nitrogens with one attached hydrogen (secondary N) is 1. The number of amides is 1. The second-order valence-corrected chi connectivity index (χ2v) is 10.2.